The molecular formula is C20H21N7O. The summed E-state index contributed by atoms with van der Waals surface area (Å²) >= 11 is 0. The van der Waals surface area contributed by atoms with Crippen LogP contribution in [0.3, 0.4) is 0 Å². The lowest BCUT2D eigenvalue weighted by Gasteiger charge is -2.17. The second kappa shape index (κ2) is 7.05. The molecule has 1 N–H and O–H groups in total. The summed E-state index contributed by atoms with van der Waals surface area (Å²) in [6, 6.07) is 5.91. The molecule has 0 aliphatic carbocycles. The maximum atomic E-state index is 9.27. The number of anilines is 1. The number of rotatable bonds is 5. The highest BCUT2D eigenvalue weighted by Crippen LogP contribution is 2.24. The van der Waals surface area contributed by atoms with Crippen LogP contribution in [0, 0.1) is 0 Å². The van der Waals surface area contributed by atoms with E-state index in [2.05, 4.69) is 31.2 Å². The van der Waals surface area contributed by atoms with E-state index in [1.165, 1.54) is 12.8 Å². The van der Waals surface area contributed by atoms with Gasteiger partial charge >= 0.3 is 0 Å². The number of aliphatic hydroxyl groups is 1. The van der Waals surface area contributed by atoms with Crippen molar-refractivity contribution in [2.45, 2.75) is 26.0 Å². The van der Waals surface area contributed by atoms with Gasteiger partial charge in [-0.2, -0.15) is 0 Å². The predicted molar refractivity (Wildman–Crippen MR) is 105 cm³/mol. The van der Waals surface area contributed by atoms with Crippen molar-refractivity contribution in [1.29, 1.82) is 0 Å². The van der Waals surface area contributed by atoms with Crippen LogP contribution in [-0.2, 0) is 13.2 Å². The lowest BCUT2D eigenvalue weighted by Crippen LogP contribution is -2.17. The first-order chi connectivity index (χ1) is 13.8. The fraction of sp³-hybridized carbons (Fsp3) is 0.300. The second-order valence-electron chi connectivity index (χ2n) is 7.12. The third-order valence-corrected chi connectivity index (χ3v) is 5.10. The molecule has 1 aliphatic rings. The zero-order valence-corrected chi connectivity index (χ0v) is 15.4. The Kier molecular flexibility index (Phi) is 4.25. The monoisotopic (exact) mass is 375 g/mol. The first kappa shape index (κ1) is 16.9. The molecule has 1 fully saturated rings. The summed E-state index contributed by atoms with van der Waals surface area (Å²) in [5.74, 6) is 0. The number of aromatic nitrogens is 6. The number of fused-ring (bicyclic) bond motifs is 1. The Labute approximate surface area is 162 Å². The van der Waals surface area contributed by atoms with Crippen molar-refractivity contribution in [2.24, 2.45) is 0 Å². The van der Waals surface area contributed by atoms with E-state index in [0.29, 0.717) is 6.54 Å². The molecule has 0 amide bonds. The molecule has 5 rings (SSSR count). The smallest absolute Gasteiger partial charge is 0.137 e. The summed E-state index contributed by atoms with van der Waals surface area (Å²) in [5, 5.41) is 17.8. The molecule has 4 aromatic heterocycles. The molecule has 0 atom stereocenters. The number of imidazole rings is 1. The van der Waals surface area contributed by atoms with Crippen LogP contribution in [-0.4, -0.2) is 47.6 Å². The normalized spacial score (nSPS) is 14.2. The molecule has 5 heterocycles. The van der Waals surface area contributed by atoms with E-state index in [1.54, 1.807) is 4.68 Å². The first-order valence-electron chi connectivity index (χ1n) is 9.46. The molecule has 1 aliphatic heterocycles. The van der Waals surface area contributed by atoms with E-state index < -0.39 is 0 Å². The minimum Gasteiger partial charge on any atom is -0.392 e. The van der Waals surface area contributed by atoms with Crippen LogP contribution in [0.15, 0.2) is 49.2 Å². The van der Waals surface area contributed by atoms with Crippen LogP contribution < -0.4 is 4.90 Å². The number of hydrogen-bond acceptors (Lipinski definition) is 6. The van der Waals surface area contributed by atoms with Crippen molar-refractivity contribution in [2.75, 3.05) is 18.0 Å². The highest BCUT2D eigenvalue weighted by molar-refractivity contribution is 5.63. The van der Waals surface area contributed by atoms with Crippen LogP contribution >= 0.6 is 0 Å². The zero-order valence-electron chi connectivity index (χ0n) is 15.4. The van der Waals surface area contributed by atoms with E-state index >= 15 is 0 Å². The fourth-order valence-corrected chi connectivity index (χ4v) is 3.65. The van der Waals surface area contributed by atoms with Gasteiger partial charge in [-0.1, -0.05) is 11.3 Å². The summed E-state index contributed by atoms with van der Waals surface area (Å²) < 4.78 is 3.70. The van der Waals surface area contributed by atoms with E-state index in [0.717, 1.165) is 46.9 Å². The molecule has 4 aromatic rings. The van der Waals surface area contributed by atoms with Gasteiger partial charge in [0, 0.05) is 37.2 Å². The minimum absolute atomic E-state index is 0.0143. The standard InChI is InChI=1S/C20H21N7O/c28-14-15-3-4-20-22-17(11-26(20)10-15)12-27-13-19(23-24-27)16-7-18(9-21-8-16)25-5-1-2-6-25/h3-4,7-11,13,28H,1-2,5-6,12,14H2. The molecule has 0 aromatic carbocycles. The maximum absolute atomic E-state index is 9.27. The number of pyridine rings is 2. The van der Waals surface area contributed by atoms with Gasteiger partial charge in [0.25, 0.3) is 0 Å². The fourth-order valence-electron chi connectivity index (χ4n) is 3.65. The van der Waals surface area contributed by atoms with Crippen molar-refractivity contribution in [3.63, 3.8) is 0 Å². The average Bonchev–Trinajstić information content (AvgIpc) is 3.48. The van der Waals surface area contributed by atoms with Crippen molar-refractivity contribution < 1.29 is 5.11 Å². The molecule has 0 radical (unpaired) electrons. The maximum Gasteiger partial charge on any atom is 0.137 e. The van der Waals surface area contributed by atoms with Crippen molar-refractivity contribution in [1.82, 2.24) is 29.4 Å². The molecule has 0 unspecified atom stereocenters. The van der Waals surface area contributed by atoms with Gasteiger partial charge in [0.1, 0.15) is 11.3 Å². The third kappa shape index (κ3) is 3.22. The highest BCUT2D eigenvalue weighted by atomic mass is 16.3. The van der Waals surface area contributed by atoms with Crippen LogP contribution in [0.1, 0.15) is 24.1 Å². The molecule has 142 valence electrons. The quantitative estimate of drug-likeness (QED) is 0.575. The van der Waals surface area contributed by atoms with Gasteiger partial charge in [0.2, 0.25) is 0 Å². The molecule has 1 saturated heterocycles. The average molecular weight is 375 g/mol. The summed E-state index contributed by atoms with van der Waals surface area (Å²) in [6.07, 6.45) is 12.0. The Balaban J connectivity index is 1.37. The lowest BCUT2D eigenvalue weighted by molar-refractivity contribution is 0.281. The molecule has 0 saturated carbocycles. The minimum atomic E-state index is 0.0143. The first-order valence-corrected chi connectivity index (χ1v) is 9.46. The van der Waals surface area contributed by atoms with Gasteiger partial charge in [-0.25, -0.2) is 9.67 Å². The van der Waals surface area contributed by atoms with Crippen molar-refractivity contribution in [3.05, 3.63) is 60.4 Å². The molecule has 0 spiro atoms. The Bertz CT molecular complexity index is 1110. The predicted octanol–water partition coefficient (Wildman–Crippen LogP) is 2.13. The van der Waals surface area contributed by atoms with Crippen LogP contribution in [0.4, 0.5) is 5.69 Å². The molecule has 8 nitrogen and oxygen atoms in total. The van der Waals surface area contributed by atoms with Crippen LogP contribution in [0.5, 0.6) is 0 Å². The van der Waals surface area contributed by atoms with Crippen molar-refractivity contribution >= 4 is 11.3 Å². The molecular weight excluding hydrogens is 354 g/mol. The summed E-state index contributed by atoms with van der Waals surface area (Å²) in [5.41, 5.74) is 5.50. The molecule has 28 heavy (non-hydrogen) atoms. The topological polar surface area (TPSA) is 84.4 Å². The van der Waals surface area contributed by atoms with E-state index in [4.69, 9.17) is 0 Å². The largest absolute Gasteiger partial charge is 0.392 e. The van der Waals surface area contributed by atoms with Crippen LogP contribution in [0.2, 0.25) is 0 Å². The Morgan fingerprint density at radius 1 is 1.04 bits per heavy atom. The van der Waals surface area contributed by atoms with Crippen LogP contribution in [0.25, 0.3) is 16.9 Å². The van der Waals surface area contributed by atoms with Gasteiger partial charge < -0.3 is 14.4 Å². The molecule has 0 bridgehead atoms. The van der Waals surface area contributed by atoms with E-state index in [9.17, 15) is 5.11 Å². The zero-order chi connectivity index (χ0) is 18.9. The third-order valence-electron chi connectivity index (χ3n) is 5.10. The summed E-state index contributed by atoms with van der Waals surface area (Å²) in [4.78, 5) is 11.4. The van der Waals surface area contributed by atoms with Gasteiger partial charge in [0.15, 0.2) is 0 Å². The van der Waals surface area contributed by atoms with Gasteiger partial charge in [-0.15, -0.1) is 5.10 Å². The van der Waals surface area contributed by atoms with E-state index in [-0.39, 0.29) is 6.61 Å². The Morgan fingerprint density at radius 3 is 2.79 bits per heavy atom. The summed E-state index contributed by atoms with van der Waals surface area (Å²) in [7, 11) is 0. The summed E-state index contributed by atoms with van der Waals surface area (Å²) in [6.45, 7) is 2.72. The number of nitrogens with zero attached hydrogens (tertiary/aromatic N) is 7. The number of aliphatic hydroxyl groups excluding tert-OH is 1. The lowest BCUT2D eigenvalue weighted by atomic mass is 10.2. The second-order valence-corrected chi connectivity index (χ2v) is 7.12. The van der Waals surface area contributed by atoms with Gasteiger partial charge in [-0.3, -0.25) is 4.98 Å². The number of hydrogen-bond donors (Lipinski definition) is 1. The van der Waals surface area contributed by atoms with Crippen molar-refractivity contribution in [3.8, 4) is 11.3 Å². The highest BCUT2D eigenvalue weighted by Gasteiger charge is 2.14. The SMILES string of the molecule is OCc1ccc2nc(Cn3cc(-c4cncc(N5CCCC5)c4)nn3)cn2c1. The van der Waals surface area contributed by atoms with E-state index in [1.807, 2.05) is 47.5 Å². The Hall–Kier alpha value is -3.26. The van der Waals surface area contributed by atoms with Gasteiger partial charge in [0.05, 0.1) is 36.9 Å². The Morgan fingerprint density at radius 2 is 1.93 bits per heavy atom. The van der Waals surface area contributed by atoms with Gasteiger partial charge in [-0.05, 0) is 30.5 Å². The molecule has 8 heteroatoms.